The van der Waals surface area contributed by atoms with E-state index in [4.69, 9.17) is 9.84 Å². The summed E-state index contributed by atoms with van der Waals surface area (Å²) in [6.07, 6.45) is -0.361. The van der Waals surface area contributed by atoms with Crippen molar-refractivity contribution in [2.24, 2.45) is 0 Å². The molecule has 1 aromatic carbocycles. The number of nitrogens with one attached hydrogen (secondary N) is 1. The predicted octanol–water partition coefficient (Wildman–Crippen LogP) is 3.45. The Labute approximate surface area is 138 Å². The number of benzene rings is 1. The molecule has 1 amide bonds. The zero-order valence-electron chi connectivity index (χ0n) is 12.8. The molecule has 6 heteroatoms. The standard InChI is InChI=1S/C17H19NO4S/c1-17(10-15(19)20,9-14-7-8-23-12-14)18-16(21)22-11-13-5-3-2-4-6-13/h2-8,12H,9-11H2,1H3,(H,18,21)(H,19,20). The second-order valence-corrected chi connectivity index (χ2v) is 6.41. The van der Waals surface area contributed by atoms with Crippen LogP contribution in [0.3, 0.4) is 0 Å². The Kier molecular flexibility index (Phi) is 5.76. The van der Waals surface area contributed by atoms with Gasteiger partial charge in [-0.15, -0.1) is 0 Å². The van der Waals surface area contributed by atoms with Crippen molar-refractivity contribution >= 4 is 23.4 Å². The topological polar surface area (TPSA) is 75.6 Å². The number of hydrogen-bond acceptors (Lipinski definition) is 4. The highest BCUT2D eigenvalue weighted by Gasteiger charge is 2.30. The molecule has 2 rings (SSSR count). The molecule has 0 saturated carbocycles. The number of carbonyl (C=O) groups is 2. The van der Waals surface area contributed by atoms with Crippen molar-refractivity contribution in [1.29, 1.82) is 0 Å². The van der Waals surface area contributed by atoms with E-state index in [2.05, 4.69) is 5.32 Å². The Morgan fingerprint density at radius 3 is 2.57 bits per heavy atom. The van der Waals surface area contributed by atoms with Gasteiger partial charge in [0.05, 0.1) is 12.0 Å². The van der Waals surface area contributed by atoms with Crippen molar-refractivity contribution in [3.05, 3.63) is 58.3 Å². The van der Waals surface area contributed by atoms with Crippen LogP contribution in [0.25, 0.3) is 0 Å². The maximum atomic E-state index is 12.0. The average molecular weight is 333 g/mol. The van der Waals surface area contributed by atoms with Crippen LogP contribution < -0.4 is 5.32 Å². The van der Waals surface area contributed by atoms with Crippen molar-refractivity contribution in [1.82, 2.24) is 5.32 Å². The van der Waals surface area contributed by atoms with E-state index >= 15 is 0 Å². The Balaban J connectivity index is 1.96. The second-order valence-electron chi connectivity index (χ2n) is 5.63. The van der Waals surface area contributed by atoms with E-state index in [9.17, 15) is 9.59 Å². The molecule has 0 bridgehead atoms. The van der Waals surface area contributed by atoms with Crippen molar-refractivity contribution in [2.45, 2.75) is 31.9 Å². The summed E-state index contributed by atoms with van der Waals surface area (Å²) >= 11 is 1.53. The highest BCUT2D eigenvalue weighted by molar-refractivity contribution is 7.07. The molecule has 0 aliphatic heterocycles. The molecule has 1 atom stereocenters. The van der Waals surface area contributed by atoms with E-state index in [0.29, 0.717) is 6.42 Å². The first-order valence-corrected chi connectivity index (χ1v) is 8.13. The van der Waals surface area contributed by atoms with Crippen LogP contribution in [-0.2, 0) is 22.6 Å². The van der Waals surface area contributed by atoms with Crippen LogP contribution in [-0.4, -0.2) is 22.7 Å². The highest BCUT2D eigenvalue weighted by atomic mass is 32.1. The highest BCUT2D eigenvalue weighted by Crippen LogP contribution is 2.19. The molecular formula is C17H19NO4S. The molecule has 5 nitrogen and oxygen atoms in total. The maximum absolute atomic E-state index is 12.0. The average Bonchev–Trinajstić information content (AvgIpc) is 2.97. The van der Waals surface area contributed by atoms with Crippen LogP contribution in [0, 0.1) is 0 Å². The number of thiophene rings is 1. The van der Waals surface area contributed by atoms with Gasteiger partial charge in [0.2, 0.25) is 0 Å². The number of rotatable bonds is 7. The van der Waals surface area contributed by atoms with Gasteiger partial charge in [0.25, 0.3) is 0 Å². The van der Waals surface area contributed by atoms with Crippen molar-refractivity contribution in [3.8, 4) is 0 Å². The molecule has 1 aromatic heterocycles. The molecule has 23 heavy (non-hydrogen) atoms. The summed E-state index contributed by atoms with van der Waals surface area (Å²) in [6.45, 7) is 1.86. The van der Waals surface area contributed by atoms with Gasteiger partial charge in [-0.1, -0.05) is 30.3 Å². The molecule has 0 saturated heterocycles. The molecule has 0 radical (unpaired) electrons. The Hall–Kier alpha value is -2.34. The largest absolute Gasteiger partial charge is 0.481 e. The molecule has 2 aromatic rings. The summed E-state index contributed by atoms with van der Waals surface area (Å²) in [7, 11) is 0. The lowest BCUT2D eigenvalue weighted by molar-refractivity contribution is -0.138. The SMILES string of the molecule is CC(CC(=O)O)(Cc1ccsc1)NC(=O)OCc1ccccc1. The zero-order chi connectivity index (χ0) is 16.7. The lowest BCUT2D eigenvalue weighted by Crippen LogP contribution is -2.49. The normalized spacial score (nSPS) is 13.1. The first-order chi connectivity index (χ1) is 11.0. The number of carbonyl (C=O) groups excluding carboxylic acids is 1. The van der Waals surface area contributed by atoms with Crippen LogP contribution in [0.1, 0.15) is 24.5 Å². The monoisotopic (exact) mass is 333 g/mol. The summed E-state index contributed by atoms with van der Waals surface area (Å²) in [6, 6.07) is 11.2. The number of alkyl carbamates (subject to hydrolysis) is 1. The minimum Gasteiger partial charge on any atom is -0.481 e. The van der Waals surface area contributed by atoms with E-state index in [1.807, 2.05) is 47.2 Å². The molecule has 0 fully saturated rings. The molecule has 1 unspecified atom stereocenters. The number of amides is 1. The van der Waals surface area contributed by atoms with Gasteiger partial charge < -0.3 is 15.2 Å². The van der Waals surface area contributed by atoms with E-state index in [1.54, 1.807) is 6.92 Å². The number of hydrogen-bond donors (Lipinski definition) is 2. The smallest absolute Gasteiger partial charge is 0.407 e. The molecule has 122 valence electrons. The van der Waals surface area contributed by atoms with Gasteiger partial charge in [0.15, 0.2) is 0 Å². The van der Waals surface area contributed by atoms with E-state index < -0.39 is 17.6 Å². The second kappa shape index (κ2) is 7.78. The third-order valence-corrected chi connectivity index (χ3v) is 4.06. The minimum atomic E-state index is -0.967. The van der Waals surface area contributed by atoms with Crippen molar-refractivity contribution < 1.29 is 19.4 Å². The predicted molar refractivity (Wildman–Crippen MR) is 88.4 cm³/mol. The van der Waals surface area contributed by atoms with Gasteiger partial charge in [-0.3, -0.25) is 4.79 Å². The molecular weight excluding hydrogens is 314 g/mol. The lowest BCUT2D eigenvalue weighted by Gasteiger charge is -2.28. The van der Waals surface area contributed by atoms with Gasteiger partial charge in [-0.2, -0.15) is 11.3 Å². The minimum absolute atomic E-state index is 0.147. The molecule has 2 N–H and O–H groups in total. The molecule has 0 aliphatic carbocycles. The van der Waals surface area contributed by atoms with Crippen molar-refractivity contribution in [3.63, 3.8) is 0 Å². The summed E-state index contributed by atoms with van der Waals surface area (Å²) in [5, 5.41) is 15.7. The Bertz CT molecular complexity index is 642. The van der Waals surface area contributed by atoms with Crippen LogP contribution in [0.4, 0.5) is 4.79 Å². The van der Waals surface area contributed by atoms with E-state index in [1.165, 1.54) is 11.3 Å². The quantitative estimate of drug-likeness (QED) is 0.814. The third kappa shape index (κ3) is 5.75. The fourth-order valence-electron chi connectivity index (χ4n) is 2.33. The van der Waals surface area contributed by atoms with Gasteiger partial charge in [0.1, 0.15) is 6.61 Å². The summed E-state index contributed by atoms with van der Waals surface area (Å²) < 4.78 is 5.18. The summed E-state index contributed by atoms with van der Waals surface area (Å²) in [5.74, 6) is -0.967. The van der Waals surface area contributed by atoms with E-state index in [-0.39, 0.29) is 13.0 Å². The third-order valence-electron chi connectivity index (χ3n) is 3.33. The number of carboxylic acids is 1. The number of aliphatic carboxylic acids is 1. The number of carboxylic acid groups (broad SMARTS) is 1. The maximum Gasteiger partial charge on any atom is 0.407 e. The van der Waals surface area contributed by atoms with Gasteiger partial charge in [0, 0.05) is 0 Å². The van der Waals surface area contributed by atoms with Gasteiger partial charge >= 0.3 is 12.1 Å². The Morgan fingerprint density at radius 1 is 1.22 bits per heavy atom. The van der Waals surface area contributed by atoms with Gasteiger partial charge in [-0.05, 0) is 41.3 Å². The molecule has 0 spiro atoms. The van der Waals surface area contributed by atoms with E-state index in [0.717, 1.165) is 11.1 Å². The van der Waals surface area contributed by atoms with Crippen LogP contribution >= 0.6 is 11.3 Å². The molecule has 0 aliphatic rings. The Morgan fingerprint density at radius 2 is 1.96 bits per heavy atom. The first-order valence-electron chi connectivity index (χ1n) is 7.19. The summed E-state index contributed by atoms with van der Waals surface area (Å²) in [5.41, 5.74) is 0.961. The van der Waals surface area contributed by atoms with Crippen LogP contribution in [0.2, 0.25) is 0 Å². The fraction of sp³-hybridized carbons (Fsp3) is 0.294. The zero-order valence-corrected chi connectivity index (χ0v) is 13.6. The number of ether oxygens (including phenoxy) is 1. The van der Waals surface area contributed by atoms with Gasteiger partial charge in [-0.25, -0.2) is 4.79 Å². The fourth-order valence-corrected chi connectivity index (χ4v) is 3.00. The molecule has 1 heterocycles. The van der Waals surface area contributed by atoms with Crippen LogP contribution in [0.5, 0.6) is 0 Å². The first kappa shape index (κ1) is 17.0. The van der Waals surface area contributed by atoms with Crippen molar-refractivity contribution in [2.75, 3.05) is 0 Å². The summed E-state index contributed by atoms with van der Waals surface area (Å²) in [4.78, 5) is 23.1. The lowest BCUT2D eigenvalue weighted by atomic mass is 9.91. The van der Waals surface area contributed by atoms with Crippen LogP contribution in [0.15, 0.2) is 47.2 Å².